The summed E-state index contributed by atoms with van der Waals surface area (Å²) >= 11 is 0.944. The Bertz CT molecular complexity index is 975. The van der Waals surface area contributed by atoms with Crippen LogP contribution >= 0.6 is 11.8 Å². The lowest BCUT2D eigenvalue weighted by Gasteiger charge is -2.02. The maximum absolute atomic E-state index is 13.0. The van der Waals surface area contributed by atoms with Gasteiger partial charge in [-0.3, -0.25) is 10.1 Å². The number of benzene rings is 1. The van der Waals surface area contributed by atoms with E-state index in [1.54, 1.807) is 12.1 Å². The Balaban J connectivity index is 1.88. The molecule has 0 aliphatic heterocycles. The summed E-state index contributed by atoms with van der Waals surface area (Å²) in [5.74, 6) is -1.07. The zero-order chi connectivity index (χ0) is 18.7. The van der Waals surface area contributed by atoms with Crippen LogP contribution in [-0.2, 0) is 4.74 Å². The minimum atomic E-state index is -0.714. The first-order valence-corrected chi connectivity index (χ1v) is 8.01. The zero-order valence-electron chi connectivity index (χ0n) is 13.3. The monoisotopic (exact) mass is 374 g/mol. The number of nitro groups is 1. The number of rotatable bonds is 5. The molecule has 3 rings (SSSR count). The van der Waals surface area contributed by atoms with Gasteiger partial charge in [0.05, 0.1) is 29.5 Å². The number of carbonyl (C=O) groups excluding carboxylic acids is 1. The van der Waals surface area contributed by atoms with Gasteiger partial charge in [0.15, 0.2) is 10.2 Å². The molecular weight excluding hydrogens is 363 g/mol. The number of hydrogen-bond donors (Lipinski definition) is 1. The molecule has 2 aromatic heterocycles. The van der Waals surface area contributed by atoms with Gasteiger partial charge in [-0.25, -0.2) is 19.2 Å². The summed E-state index contributed by atoms with van der Waals surface area (Å²) < 4.78 is 17.5. The number of H-pyrrole nitrogens is 1. The number of esters is 1. The Morgan fingerprint density at radius 1 is 1.27 bits per heavy atom. The molecule has 3 aromatic rings. The number of ether oxygens (including phenoxy) is 1. The van der Waals surface area contributed by atoms with Crippen molar-refractivity contribution in [3.05, 3.63) is 64.2 Å². The topological polar surface area (TPSA) is 111 Å². The number of nitrogens with one attached hydrogen (secondary N) is 1. The summed E-state index contributed by atoms with van der Waals surface area (Å²) in [6.07, 6.45) is 2.73. The minimum absolute atomic E-state index is 0.0185. The molecule has 0 saturated heterocycles. The number of methoxy groups -OCH3 is 1. The van der Waals surface area contributed by atoms with Crippen LogP contribution in [0.3, 0.4) is 0 Å². The van der Waals surface area contributed by atoms with E-state index in [1.165, 1.54) is 31.6 Å². The fourth-order valence-corrected chi connectivity index (χ4v) is 2.90. The summed E-state index contributed by atoms with van der Waals surface area (Å²) in [5.41, 5.74) is 0.989. The lowest BCUT2D eigenvalue weighted by Crippen LogP contribution is -2.04. The van der Waals surface area contributed by atoms with Crippen LogP contribution in [0.5, 0.6) is 0 Å². The number of aromatic amines is 1. The highest BCUT2D eigenvalue weighted by Gasteiger charge is 2.21. The number of carbonyl (C=O) groups is 1. The van der Waals surface area contributed by atoms with E-state index in [9.17, 15) is 19.3 Å². The molecule has 0 saturated carbocycles. The van der Waals surface area contributed by atoms with Crippen molar-refractivity contribution in [3.63, 3.8) is 0 Å². The summed E-state index contributed by atoms with van der Waals surface area (Å²) in [6, 6.07) is 6.92. The first-order chi connectivity index (χ1) is 12.5. The van der Waals surface area contributed by atoms with E-state index in [4.69, 9.17) is 0 Å². The predicted molar refractivity (Wildman–Crippen MR) is 90.3 cm³/mol. The smallest absolute Gasteiger partial charge is 0.339 e. The van der Waals surface area contributed by atoms with Gasteiger partial charge in [-0.2, -0.15) is 0 Å². The molecule has 0 unspecified atom stereocenters. The van der Waals surface area contributed by atoms with Gasteiger partial charge in [-0.1, -0.05) is 0 Å². The first-order valence-electron chi connectivity index (χ1n) is 7.19. The fourth-order valence-electron chi connectivity index (χ4n) is 2.10. The summed E-state index contributed by atoms with van der Waals surface area (Å²) in [4.78, 5) is 33.2. The SMILES string of the molecule is COC(=O)c1cnc(Sc2ncc(-c3ccc(F)cc3)[nH]2)c([N+](=O)[O-])c1. The Labute approximate surface area is 150 Å². The third-order valence-corrected chi connectivity index (χ3v) is 4.26. The molecule has 0 aliphatic carbocycles. The molecule has 0 aliphatic rings. The molecule has 8 nitrogen and oxygen atoms in total. The number of pyridine rings is 1. The molecule has 1 N–H and O–H groups in total. The number of imidazole rings is 1. The van der Waals surface area contributed by atoms with E-state index in [2.05, 4.69) is 19.7 Å². The number of aromatic nitrogens is 3. The molecular formula is C16H11FN4O4S. The molecule has 10 heteroatoms. The van der Waals surface area contributed by atoms with Gasteiger partial charge in [0.2, 0.25) is 0 Å². The highest BCUT2D eigenvalue weighted by Crippen LogP contribution is 2.33. The molecule has 132 valence electrons. The van der Waals surface area contributed by atoms with Crippen molar-refractivity contribution >= 4 is 23.4 Å². The van der Waals surface area contributed by atoms with Crippen LogP contribution < -0.4 is 0 Å². The lowest BCUT2D eigenvalue weighted by molar-refractivity contribution is -0.388. The van der Waals surface area contributed by atoms with Crippen molar-refractivity contribution in [2.45, 2.75) is 10.2 Å². The maximum atomic E-state index is 13.0. The summed E-state index contributed by atoms with van der Waals surface area (Å²) in [7, 11) is 1.18. The van der Waals surface area contributed by atoms with Gasteiger partial charge in [-0.05, 0) is 41.6 Å². The standard InChI is InChI=1S/C16H11FN4O4S/c1-25-15(22)10-6-13(21(23)24)14(18-7-10)26-16-19-8-12(20-16)9-2-4-11(17)5-3-9/h2-8H,1H3,(H,19,20). The van der Waals surface area contributed by atoms with Crippen LogP contribution in [0, 0.1) is 15.9 Å². The molecule has 1 aromatic carbocycles. The van der Waals surface area contributed by atoms with E-state index < -0.39 is 10.9 Å². The van der Waals surface area contributed by atoms with Crippen LogP contribution in [-0.4, -0.2) is 33.0 Å². The molecule has 0 bridgehead atoms. The maximum Gasteiger partial charge on any atom is 0.339 e. The molecule has 0 radical (unpaired) electrons. The van der Waals surface area contributed by atoms with E-state index in [-0.39, 0.29) is 22.1 Å². The second-order valence-electron chi connectivity index (χ2n) is 5.01. The number of halogens is 1. The van der Waals surface area contributed by atoms with E-state index in [0.717, 1.165) is 17.8 Å². The average molecular weight is 374 g/mol. The van der Waals surface area contributed by atoms with Crippen molar-refractivity contribution < 1.29 is 18.8 Å². The van der Waals surface area contributed by atoms with Crippen LogP contribution in [0.25, 0.3) is 11.3 Å². The Morgan fingerprint density at radius 2 is 2.00 bits per heavy atom. The number of nitrogens with zero attached hydrogens (tertiary/aromatic N) is 3. The second kappa shape index (κ2) is 7.31. The molecule has 0 fully saturated rings. The normalized spacial score (nSPS) is 10.5. The Kier molecular flexibility index (Phi) is 4.94. The summed E-state index contributed by atoms with van der Waals surface area (Å²) in [6.45, 7) is 0. The van der Waals surface area contributed by atoms with Crippen molar-refractivity contribution in [2.24, 2.45) is 0 Å². The zero-order valence-corrected chi connectivity index (χ0v) is 14.1. The van der Waals surface area contributed by atoms with Crippen molar-refractivity contribution in [1.29, 1.82) is 0 Å². The third-order valence-electron chi connectivity index (χ3n) is 3.35. The van der Waals surface area contributed by atoms with Crippen molar-refractivity contribution in [3.8, 4) is 11.3 Å². The first kappa shape index (κ1) is 17.5. The van der Waals surface area contributed by atoms with E-state index in [1.807, 2.05) is 0 Å². The lowest BCUT2D eigenvalue weighted by atomic mass is 10.2. The largest absolute Gasteiger partial charge is 0.465 e. The third kappa shape index (κ3) is 3.70. The Morgan fingerprint density at radius 3 is 2.65 bits per heavy atom. The molecule has 0 atom stereocenters. The van der Waals surface area contributed by atoms with Crippen molar-refractivity contribution in [2.75, 3.05) is 7.11 Å². The molecule has 0 spiro atoms. The van der Waals surface area contributed by atoms with Gasteiger partial charge >= 0.3 is 11.7 Å². The van der Waals surface area contributed by atoms with E-state index in [0.29, 0.717) is 16.4 Å². The minimum Gasteiger partial charge on any atom is -0.465 e. The number of hydrogen-bond acceptors (Lipinski definition) is 7. The highest BCUT2D eigenvalue weighted by molar-refractivity contribution is 7.99. The predicted octanol–water partition coefficient (Wildman–Crippen LogP) is 3.46. The van der Waals surface area contributed by atoms with Crippen LogP contribution in [0.4, 0.5) is 10.1 Å². The van der Waals surface area contributed by atoms with Gasteiger partial charge in [0.25, 0.3) is 0 Å². The van der Waals surface area contributed by atoms with Crippen molar-refractivity contribution in [1.82, 2.24) is 15.0 Å². The molecule has 2 heterocycles. The fraction of sp³-hybridized carbons (Fsp3) is 0.0625. The van der Waals surface area contributed by atoms with Crippen LogP contribution in [0.15, 0.2) is 52.9 Å². The Hall–Kier alpha value is -3.27. The van der Waals surface area contributed by atoms with E-state index >= 15 is 0 Å². The van der Waals surface area contributed by atoms with Gasteiger partial charge in [0, 0.05) is 12.3 Å². The van der Waals surface area contributed by atoms with Crippen LogP contribution in [0.1, 0.15) is 10.4 Å². The van der Waals surface area contributed by atoms with Crippen LogP contribution in [0.2, 0.25) is 0 Å². The second-order valence-corrected chi connectivity index (χ2v) is 5.99. The van der Waals surface area contributed by atoms with Gasteiger partial charge in [-0.15, -0.1) is 0 Å². The molecule has 0 amide bonds. The molecule has 26 heavy (non-hydrogen) atoms. The average Bonchev–Trinajstić information content (AvgIpc) is 3.10. The quantitative estimate of drug-likeness (QED) is 0.413. The van der Waals surface area contributed by atoms with Gasteiger partial charge < -0.3 is 9.72 Å². The van der Waals surface area contributed by atoms with Gasteiger partial charge in [0.1, 0.15) is 5.82 Å². The highest BCUT2D eigenvalue weighted by atomic mass is 32.2. The summed E-state index contributed by atoms with van der Waals surface area (Å²) in [5, 5.41) is 11.7.